The van der Waals surface area contributed by atoms with Gasteiger partial charge in [-0.1, -0.05) is 6.92 Å². The lowest BCUT2D eigenvalue weighted by molar-refractivity contribution is -0.126. The van der Waals surface area contributed by atoms with Crippen molar-refractivity contribution in [2.75, 3.05) is 19.8 Å². The molecule has 0 aliphatic carbocycles. The molecule has 0 saturated carbocycles. The lowest BCUT2D eigenvalue weighted by atomic mass is 9.89. The summed E-state index contributed by atoms with van der Waals surface area (Å²) in [5.74, 6) is 0.0207. The highest BCUT2D eigenvalue weighted by atomic mass is 16.5. The van der Waals surface area contributed by atoms with Gasteiger partial charge in [-0.05, 0) is 6.07 Å². The van der Waals surface area contributed by atoms with E-state index in [9.17, 15) is 4.79 Å². The highest BCUT2D eigenvalue weighted by molar-refractivity contribution is 5.78. The molecule has 1 aromatic heterocycles. The molecule has 0 aromatic carbocycles. The van der Waals surface area contributed by atoms with Crippen molar-refractivity contribution in [3.63, 3.8) is 0 Å². The predicted octanol–water partition coefficient (Wildman–Crippen LogP) is 0.105. The number of ether oxygens (including phenoxy) is 1. The van der Waals surface area contributed by atoms with E-state index in [-0.39, 0.29) is 11.3 Å². The van der Waals surface area contributed by atoms with Crippen molar-refractivity contribution in [1.82, 2.24) is 15.5 Å². The number of carbonyl (C=O) groups excluding carboxylic acids is 1. The van der Waals surface area contributed by atoms with Crippen molar-refractivity contribution >= 4 is 5.91 Å². The van der Waals surface area contributed by atoms with E-state index in [2.05, 4.69) is 22.4 Å². The second kappa shape index (κ2) is 4.02. The Balaban J connectivity index is 1.73. The summed E-state index contributed by atoms with van der Waals surface area (Å²) in [5.41, 5.74) is 0.964. The van der Waals surface area contributed by atoms with Crippen LogP contribution in [0.15, 0.2) is 12.3 Å². The van der Waals surface area contributed by atoms with Gasteiger partial charge in [0.15, 0.2) is 0 Å². The molecule has 0 radical (unpaired) electrons. The van der Waals surface area contributed by atoms with E-state index in [0.717, 1.165) is 18.9 Å². The van der Waals surface area contributed by atoms with Gasteiger partial charge in [-0.25, -0.2) is 0 Å². The lowest BCUT2D eigenvalue weighted by Gasteiger charge is -2.38. The number of hydrogen-bond donors (Lipinski definition) is 2. The number of carbonyl (C=O) groups is 1. The van der Waals surface area contributed by atoms with Gasteiger partial charge in [0.25, 0.3) is 0 Å². The third-order valence-electron chi connectivity index (χ3n) is 2.52. The van der Waals surface area contributed by atoms with Crippen LogP contribution in [0.25, 0.3) is 0 Å². The molecule has 2 rings (SSSR count). The number of nitrogens with zero attached hydrogens (tertiary/aromatic N) is 1. The van der Waals surface area contributed by atoms with Gasteiger partial charge in [-0.3, -0.25) is 9.89 Å². The Labute approximate surface area is 88.2 Å². The van der Waals surface area contributed by atoms with E-state index in [1.165, 1.54) is 0 Å². The minimum absolute atomic E-state index is 0.0207. The van der Waals surface area contributed by atoms with E-state index in [0.29, 0.717) is 13.0 Å². The summed E-state index contributed by atoms with van der Waals surface area (Å²) in [7, 11) is 0. The molecule has 0 atom stereocenters. The molecule has 1 aliphatic heterocycles. The zero-order chi connectivity index (χ0) is 10.7. The first-order valence-electron chi connectivity index (χ1n) is 5.01. The van der Waals surface area contributed by atoms with Gasteiger partial charge in [-0.2, -0.15) is 5.10 Å². The zero-order valence-corrected chi connectivity index (χ0v) is 8.75. The maximum atomic E-state index is 11.5. The summed E-state index contributed by atoms with van der Waals surface area (Å²) < 4.78 is 5.11. The fourth-order valence-electron chi connectivity index (χ4n) is 1.48. The molecule has 1 amide bonds. The molecule has 1 fully saturated rings. The van der Waals surface area contributed by atoms with E-state index in [1.807, 2.05) is 0 Å². The van der Waals surface area contributed by atoms with Crippen LogP contribution in [-0.2, 0) is 16.0 Å². The maximum Gasteiger partial charge on any atom is 0.226 e. The van der Waals surface area contributed by atoms with Crippen molar-refractivity contribution < 1.29 is 9.53 Å². The molecule has 0 bridgehead atoms. The van der Waals surface area contributed by atoms with Crippen molar-refractivity contribution in [3.05, 3.63) is 18.0 Å². The molecule has 2 N–H and O–H groups in total. The first-order chi connectivity index (χ1) is 7.18. The Morgan fingerprint density at radius 2 is 2.53 bits per heavy atom. The number of H-pyrrole nitrogens is 1. The van der Waals surface area contributed by atoms with E-state index in [1.54, 1.807) is 12.3 Å². The van der Waals surface area contributed by atoms with Gasteiger partial charge >= 0.3 is 0 Å². The maximum absolute atomic E-state index is 11.5. The predicted molar refractivity (Wildman–Crippen MR) is 54.2 cm³/mol. The summed E-state index contributed by atoms with van der Waals surface area (Å²) in [4.78, 5) is 11.5. The second-order valence-electron chi connectivity index (χ2n) is 4.34. The SMILES string of the molecule is CC1(CNC(=O)Cc2ccn[nH]2)COC1. The van der Waals surface area contributed by atoms with Crippen LogP contribution in [0.3, 0.4) is 0 Å². The Morgan fingerprint density at radius 3 is 3.07 bits per heavy atom. The van der Waals surface area contributed by atoms with Crippen LogP contribution < -0.4 is 5.32 Å². The molecule has 5 nitrogen and oxygen atoms in total. The standard InChI is InChI=1S/C10H15N3O2/c1-10(6-15-7-10)5-11-9(14)4-8-2-3-12-13-8/h2-3H,4-7H2,1H3,(H,11,14)(H,12,13). The van der Waals surface area contributed by atoms with Crippen molar-refractivity contribution in [1.29, 1.82) is 0 Å². The van der Waals surface area contributed by atoms with E-state index >= 15 is 0 Å². The summed E-state index contributed by atoms with van der Waals surface area (Å²) in [6.45, 7) is 4.25. The Bertz CT molecular complexity index is 330. The van der Waals surface area contributed by atoms with Gasteiger partial charge < -0.3 is 10.1 Å². The molecule has 5 heteroatoms. The molecule has 1 saturated heterocycles. The molecular weight excluding hydrogens is 194 g/mol. The number of aromatic nitrogens is 2. The van der Waals surface area contributed by atoms with Crippen LogP contribution in [-0.4, -0.2) is 35.9 Å². The fraction of sp³-hybridized carbons (Fsp3) is 0.600. The van der Waals surface area contributed by atoms with Crippen LogP contribution in [0.4, 0.5) is 0 Å². The smallest absolute Gasteiger partial charge is 0.226 e. The first-order valence-corrected chi connectivity index (χ1v) is 5.01. The zero-order valence-electron chi connectivity index (χ0n) is 8.75. The van der Waals surface area contributed by atoms with Gasteiger partial charge in [0.2, 0.25) is 5.91 Å². The third kappa shape index (κ3) is 2.56. The summed E-state index contributed by atoms with van der Waals surface area (Å²) in [5, 5.41) is 9.44. The minimum Gasteiger partial charge on any atom is -0.380 e. The summed E-state index contributed by atoms with van der Waals surface area (Å²) in [6, 6.07) is 1.80. The second-order valence-corrected chi connectivity index (χ2v) is 4.34. The monoisotopic (exact) mass is 209 g/mol. The average Bonchev–Trinajstić information content (AvgIpc) is 2.64. The average molecular weight is 209 g/mol. The van der Waals surface area contributed by atoms with E-state index < -0.39 is 0 Å². The molecular formula is C10H15N3O2. The molecule has 2 heterocycles. The first kappa shape index (κ1) is 10.2. The minimum atomic E-state index is 0.0207. The van der Waals surface area contributed by atoms with Crippen molar-refractivity contribution in [2.45, 2.75) is 13.3 Å². The van der Waals surface area contributed by atoms with Gasteiger partial charge in [0.1, 0.15) is 0 Å². The van der Waals surface area contributed by atoms with Gasteiger partial charge in [0, 0.05) is 23.9 Å². The number of amides is 1. The molecule has 0 unspecified atom stereocenters. The van der Waals surface area contributed by atoms with Crippen LogP contribution >= 0.6 is 0 Å². The molecule has 15 heavy (non-hydrogen) atoms. The quantitative estimate of drug-likeness (QED) is 0.739. The Hall–Kier alpha value is -1.36. The van der Waals surface area contributed by atoms with Crippen LogP contribution in [0.5, 0.6) is 0 Å². The van der Waals surface area contributed by atoms with Crippen molar-refractivity contribution in [2.24, 2.45) is 5.41 Å². The topological polar surface area (TPSA) is 67.0 Å². The summed E-state index contributed by atoms with van der Waals surface area (Å²) >= 11 is 0. The number of aromatic amines is 1. The molecule has 82 valence electrons. The van der Waals surface area contributed by atoms with E-state index in [4.69, 9.17) is 4.74 Å². The molecule has 1 aliphatic rings. The highest BCUT2D eigenvalue weighted by Crippen LogP contribution is 2.24. The van der Waals surface area contributed by atoms with Crippen LogP contribution in [0.1, 0.15) is 12.6 Å². The summed E-state index contributed by atoms with van der Waals surface area (Å²) in [6.07, 6.45) is 2.00. The lowest BCUT2D eigenvalue weighted by Crippen LogP contribution is -2.48. The Kier molecular flexibility index (Phi) is 2.73. The number of hydrogen-bond acceptors (Lipinski definition) is 3. The largest absolute Gasteiger partial charge is 0.380 e. The van der Waals surface area contributed by atoms with Crippen LogP contribution in [0, 0.1) is 5.41 Å². The van der Waals surface area contributed by atoms with Crippen LogP contribution in [0.2, 0.25) is 0 Å². The molecule has 0 spiro atoms. The third-order valence-corrected chi connectivity index (χ3v) is 2.52. The number of rotatable bonds is 4. The number of nitrogens with one attached hydrogen (secondary N) is 2. The normalized spacial score (nSPS) is 18.2. The fourth-order valence-corrected chi connectivity index (χ4v) is 1.48. The molecule has 1 aromatic rings. The Morgan fingerprint density at radius 1 is 1.73 bits per heavy atom. The van der Waals surface area contributed by atoms with Gasteiger partial charge in [0.05, 0.1) is 19.6 Å². The van der Waals surface area contributed by atoms with Crippen molar-refractivity contribution in [3.8, 4) is 0 Å². The van der Waals surface area contributed by atoms with Gasteiger partial charge in [-0.15, -0.1) is 0 Å². The highest BCUT2D eigenvalue weighted by Gasteiger charge is 2.33.